The van der Waals surface area contributed by atoms with Gasteiger partial charge in [-0.1, -0.05) is 41.9 Å². The fourth-order valence-corrected chi connectivity index (χ4v) is 4.15. The van der Waals surface area contributed by atoms with E-state index in [4.69, 9.17) is 16.7 Å². The number of fused-ring (bicyclic) bond motifs is 1. The normalized spacial score (nSPS) is 11.5. The second-order valence-electron chi connectivity index (χ2n) is 5.51. The van der Waals surface area contributed by atoms with Crippen LogP contribution in [0, 0.1) is 5.82 Å². The third-order valence-electron chi connectivity index (χ3n) is 3.78. The Labute approximate surface area is 154 Å². The van der Waals surface area contributed by atoms with Gasteiger partial charge < -0.3 is 5.11 Å². The number of nitrogens with zero attached hydrogens (tertiary/aromatic N) is 1. The van der Waals surface area contributed by atoms with Gasteiger partial charge in [0.1, 0.15) is 12.4 Å². The third kappa shape index (κ3) is 3.49. The average molecular weight is 394 g/mol. The Morgan fingerprint density at radius 3 is 2.38 bits per heavy atom. The molecule has 134 valence electrons. The van der Waals surface area contributed by atoms with Crippen molar-refractivity contribution in [1.82, 2.24) is 0 Å². The van der Waals surface area contributed by atoms with Crippen molar-refractivity contribution >= 4 is 44.1 Å². The van der Waals surface area contributed by atoms with Crippen molar-refractivity contribution in [2.24, 2.45) is 0 Å². The minimum atomic E-state index is -4.20. The summed E-state index contributed by atoms with van der Waals surface area (Å²) >= 11 is 5.72. The van der Waals surface area contributed by atoms with Gasteiger partial charge in [-0.25, -0.2) is 12.8 Å². The number of sulfonamides is 1. The van der Waals surface area contributed by atoms with Crippen molar-refractivity contribution in [2.75, 3.05) is 10.8 Å². The van der Waals surface area contributed by atoms with Gasteiger partial charge in [0.15, 0.2) is 0 Å². The molecule has 0 unspecified atom stereocenters. The highest BCUT2D eigenvalue weighted by Gasteiger charge is 2.27. The number of halogens is 2. The molecule has 0 bridgehead atoms. The van der Waals surface area contributed by atoms with Crippen LogP contribution in [-0.4, -0.2) is 26.0 Å². The van der Waals surface area contributed by atoms with Crippen LogP contribution >= 0.6 is 11.6 Å². The number of aliphatic carboxylic acids is 1. The highest BCUT2D eigenvalue weighted by molar-refractivity contribution is 7.92. The Morgan fingerprint density at radius 2 is 1.73 bits per heavy atom. The highest BCUT2D eigenvalue weighted by Crippen LogP contribution is 2.29. The summed E-state index contributed by atoms with van der Waals surface area (Å²) in [4.78, 5) is 11.1. The molecule has 3 aromatic rings. The zero-order valence-corrected chi connectivity index (χ0v) is 14.8. The molecule has 3 aromatic carbocycles. The quantitative estimate of drug-likeness (QED) is 0.713. The minimum Gasteiger partial charge on any atom is -0.480 e. The van der Waals surface area contributed by atoms with Gasteiger partial charge in [-0.05, 0) is 41.1 Å². The molecule has 0 aromatic heterocycles. The molecule has 0 heterocycles. The first-order valence-corrected chi connectivity index (χ1v) is 9.29. The van der Waals surface area contributed by atoms with Crippen LogP contribution in [0.1, 0.15) is 0 Å². The van der Waals surface area contributed by atoms with Gasteiger partial charge in [-0.2, -0.15) is 0 Å². The van der Waals surface area contributed by atoms with Crippen LogP contribution in [-0.2, 0) is 14.8 Å². The number of hydrogen-bond donors (Lipinski definition) is 1. The van der Waals surface area contributed by atoms with E-state index < -0.39 is 28.4 Å². The standard InChI is InChI=1S/C18H13ClFNO4S/c19-16-10-14(6-8-17(16)20)21(11-18(22)23)26(24,25)15-7-5-12-3-1-2-4-13(12)9-15/h1-10H,11H2,(H,22,23). The fraction of sp³-hybridized carbons (Fsp3) is 0.0556. The summed E-state index contributed by atoms with van der Waals surface area (Å²) in [5.74, 6) is -2.08. The summed E-state index contributed by atoms with van der Waals surface area (Å²) in [5.41, 5.74) is -0.0352. The summed E-state index contributed by atoms with van der Waals surface area (Å²) < 4.78 is 40.2. The molecular weight excluding hydrogens is 381 g/mol. The number of rotatable bonds is 5. The van der Waals surface area contributed by atoms with Crippen LogP contribution in [0.3, 0.4) is 0 Å². The summed E-state index contributed by atoms with van der Waals surface area (Å²) in [6.45, 7) is -0.822. The first kappa shape index (κ1) is 18.2. The molecule has 0 aliphatic heterocycles. The van der Waals surface area contributed by atoms with E-state index in [1.807, 2.05) is 12.1 Å². The molecule has 1 N–H and O–H groups in total. The van der Waals surface area contributed by atoms with E-state index in [1.54, 1.807) is 18.2 Å². The maximum atomic E-state index is 13.4. The molecule has 0 spiro atoms. The van der Waals surface area contributed by atoms with E-state index in [9.17, 15) is 17.6 Å². The predicted octanol–water partition coefficient (Wildman–Crippen LogP) is 3.91. The molecule has 5 nitrogen and oxygen atoms in total. The zero-order chi connectivity index (χ0) is 18.9. The number of carbonyl (C=O) groups is 1. The second kappa shape index (κ2) is 6.93. The Bertz CT molecular complexity index is 1100. The lowest BCUT2D eigenvalue weighted by Crippen LogP contribution is -2.35. The molecule has 0 aliphatic rings. The van der Waals surface area contributed by atoms with E-state index in [2.05, 4.69) is 0 Å². The van der Waals surface area contributed by atoms with Gasteiger partial charge in [0.25, 0.3) is 10.0 Å². The molecular formula is C18H13ClFNO4S. The Hall–Kier alpha value is -2.64. The van der Waals surface area contributed by atoms with Crippen LogP contribution in [0.5, 0.6) is 0 Å². The van der Waals surface area contributed by atoms with Crippen LogP contribution in [0.4, 0.5) is 10.1 Å². The lowest BCUT2D eigenvalue weighted by Gasteiger charge is -2.23. The summed E-state index contributed by atoms with van der Waals surface area (Å²) in [5, 5.41) is 10.4. The third-order valence-corrected chi connectivity index (χ3v) is 5.84. The molecule has 0 fully saturated rings. The van der Waals surface area contributed by atoms with Crippen LogP contribution < -0.4 is 4.31 Å². The lowest BCUT2D eigenvalue weighted by atomic mass is 10.1. The Kier molecular flexibility index (Phi) is 4.84. The second-order valence-corrected chi connectivity index (χ2v) is 7.78. The van der Waals surface area contributed by atoms with Crippen molar-refractivity contribution in [3.8, 4) is 0 Å². The van der Waals surface area contributed by atoms with Gasteiger partial charge in [-0.3, -0.25) is 9.10 Å². The minimum absolute atomic E-state index is 0.0352. The number of benzene rings is 3. The largest absolute Gasteiger partial charge is 0.480 e. The van der Waals surface area contributed by atoms with E-state index in [0.717, 1.165) is 17.5 Å². The SMILES string of the molecule is O=C(O)CN(c1ccc(F)c(Cl)c1)S(=O)(=O)c1ccc2ccccc2c1. The predicted molar refractivity (Wildman–Crippen MR) is 97.5 cm³/mol. The maximum absolute atomic E-state index is 13.4. The fourth-order valence-electron chi connectivity index (χ4n) is 2.53. The number of carboxylic acids is 1. The van der Waals surface area contributed by atoms with Gasteiger partial charge in [-0.15, -0.1) is 0 Å². The van der Waals surface area contributed by atoms with Crippen molar-refractivity contribution in [2.45, 2.75) is 4.90 Å². The topological polar surface area (TPSA) is 74.7 Å². The summed E-state index contributed by atoms with van der Waals surface area (Å²) in [6.07, 6.45) is 0. The van der Waals surface area contributed by atoms with Crippen LogP contribution in [0.15, 0.2) is 65.6 Å². The Morgan fingerprint density at radius 1 is 1.04 bits per heavy atom. The molecule has 26 heavy (non-hydrogen) atoms. The van der Waals surface area contributed by atoms with Crippen molar-refractivity contribution in [3.05, 3.63) is 71.5 Å². The first-order chi connectivity index (χ1) is 12.3. The van der Waals surface area contributed by atoms with Gasteiger partial charge >= 0.3 is 5.97 Å². The molecule has 0 aliphatic carbocycles. The van der Waals surface area contributed by atoms with Crippen LogP contribution in [0.25, 0.3) is 10.8 Å². The average Bonchev–Trinajstić information content (AvgIpc) is 2.61. The zero-order valence-electron chi connectivity index (χ0n) is 13.3. The number of hydrogen-bond acceptors (Lipinski definition) is 3. The number of anilines is 1. The molecule has 0 atom stereocenters. The highest BCUT2D eigenvalue weighted by atomic mass is 35.5. The van der Waals surface area contributed by atoms with Gasteiger partial charge in [0, 0.05) is 0 Å². The maximum Gasteiger partial charge on any atom is 0.324 e. The van der Waals surface area contributed by atoms with E-state index in [-0.39, 0.29) is 15.6 Å². The van der Waals surface area contributed by atoms with E-state index >= 15 is 0 Å². The number of carboxylic acid groups (broad SMARTS) is 1. The molecule has 0 saturated heterocycles. The van der Waals surface area contributed by atoms with Crippen molar-refractivity contribution < 1.29 is 22.7 Å². The molecule has 8 heteroatoms. The molecule has 0 radical (unpaired) electrons. The Balaban J connectivity index is 2.13. The van der Waals surface area contributed by atoms with Gasteiger partial charge in [0.05, 0.1) is 15.6 Å². The van der Waals surface area contributed by atoms with Crippen LogP contribution in [0.2, 0.25) is 5.02 Å². The first-order valence-electron chi connectivity index (χ1n) is 7.47. The van der Waals surface area contributed by atoms with E-state index in [0.29, 0.717) is 9.69 Å². The molecule has 0 amide bonds. The molecule has 3 rings (SSSR count). The summed E-state index contributed by atoms with van der Waals surface area (Å²) in [7, 11) is -4.20. The van der Waals surface area contributed by atoms with Crippen molar-refractivity contribution in [3.63, 3.8) is 0 Å². The van der Waals surface area contributed by atoms with Gasteiger partial charge in [0.2, 0.25) is 0 Å². The lowest BCUT2D eigenvalue weighted by molar-refractivity contribution is -0.135. The van der Waals surface area contributed by atoms with Crippen molar-refractivity contribution in [1.29, 1.82) is 0 Å². The molecule has 0 saturated carbocycles. The summed E-state index contributed by atoms with van der Waals surface area (Å²) in [6, 6.07) is 14.9. The van der Waals surface area contributed by atoms with E-state index in [1.165, 1.54) is 18.2 Å². The monoisotopic (exact) mass is 393 g/mol. The smallest absolute Gasteiger partial charge is 0.324 e.